The van der Waals surface area contributed by atoms with Gasteiger partial charge >= 0.3 is 5.97 Å². The van der Waals surface area contributed by atoms with Gasteiger partial charge in [0.05, 0.1) is 13.0 Å². The first-order valence-corrected chi connectivity index (χ1v) is 8.19. The molecule has 4 amide bonds. The summed E-state index contributed by atoms with van der Waals surface area (Å²) in [5, 5.41) is 15.3. The first kappa shape index (κ1) is 24.6. The lowest BCUT2D eigenvalue weighted by molar-refractivity contribution is -0.138. The molecule has 12 N–H and O–H groups in total. The minimum Gasteiger partial charge on any atom is -0.480 e. The van der Waals surface area contributed by atoms with Crippen LogP contribution < -0.4 is 38.9 Å². The summed E-state index contributed by atoms with van der Waals surface area (Å²) in [6.07, 6.45) is -0.149. The molecule has 0 aromatic rings. The average molecular weight is 402 g/mol. The normalized spacial score (nSPS) is 12.2. The highest BCUT2D eigenvalue weighted by Gasteiger charge is 2.27. The predicted octanol–water partition coefficient (Wildman–Crippen LogP) is -4.96. The van der Waals surface area contributed by atoms with Crippen LogP contribution in [-0.2, 0) is 24.0 Å². The summed E-state index contributed by atoms with van der Waals surface area (Å²) in [5.41, 5.74) is 20.7. The van der Waals surface area contributed by atoms with Crippen molar-refractivity contribution in [3.8, 4) is 0 Å². The quantitative estimate of drug-likeness (QED) is 0.0832. The number of carboxylic acid groups (broad SMARTS) is 1. The van der Waals surface area contributed by atoms with Crippen LogP contribution in [0.3, 0.4) is 0 Å². The highest BCUT2D eigenvalue weighted by molar-refractivity contribution is 5.95. The van der Waals surface area contributed by atoms with Gasteiger partial charge in [-0.3, -0.25) is 29.0 Å². The van der Waals surface area contributed by atoms with E-state index in [4.69, 9.17) is 28.0 Å². The molecule has 0 fully saturated rings. The molecule has 0 saturated carbocycles. The number of carbonyl (C=O) groups excluding carboxylic acids is 4. The third-order valence-corrected chi connectivity index (χ3v) is 3.23. The van der Waals surface area contributed by atoms with Crippen LogP contribution in [0.5, 0.6) is 0 Å². The summed E-state index contributed by atoms with van der Waals surface area (Å²) in [7, 11) is 0. The highest BCUT2D eigenvalue weighted by Crippen LogP contribution is 2.01. The summed E-state index contributed by atoms with van der Waals surface area (Å²) in [6.45, 7) is -0.897. The van der Waals surface area contributed by atoms with Crippen molar-refractivity contribution in [3.05, 3.63) is 0 Å². The lowest BCUT2D eigenvalue weighted by atomic mass is 10.1. The van der Waals surface area contributed by atoms with Crippen LogP contribution in [0, 0.1) is 0 Å². The zero-order valence-corrected chi connectivity index (χ0v) is 15.1. The SMILES string of the molecule is NCC(=O)NC(CCCN=C(N)N)C(=O)NC(CC(N)=O)C(=O)NCC(=O)O. The molecule has 14 nitrogen and oxygen atoms in total. The van der Waals surface area contributed by atoms with Crippen LogP contribution in [0.4, 0.5) is 0 Å². The van der Waals surface area contributed by atoms with Crippen molar-refractivity contribution in [2.24, 2.45) is 27.9 Å². The summed E-state index contributed by atoms with van der Waals surface area (Å²) in [5.74, 6) is -4.68. The molecule has 0 rings (SSSR count). The number of hydrogen-bond donors (Lipinski definition) is 8. The summed E-state index contributed by atoms with van der Waals surface area (Å²) in [6, 6.07) is -2.51. The number of carbonyl (C=O) groups is 5. The van der Waals surface area contributed by atoms with E-state index in [-0.39, 0.29) is 25.5 Å². The number of guanidine groups is 1. The second-order valence-corrected chi connectivity index (χ2v) is 5.62. The predicted molar refractivity (Wildman–Crippen MR) is 97.3 cm³/mol. The van der Waals surface area contributed by atoms with E-state index in [9.17, 15) is 24.0 Å². The molecule has 0 aliphatic heterocycles. The zero-order chi connectivity index (χ0) is 21.7. The van der Waals surface area contributed by atoms with E-state index in [1.54, 1.807) is 0 Å². The molecular formula is C14H26N8O6. The van der Waals surface area contributed by atoms with Gasteiger partial charge in [0.15, 0.2) is 5.96 Å². The first-order valence-electron chi connectivity index (χ1n) is 8.19. The van der Waals surface area contributed by atoms with Crippen molar-refractivity contribution in [3.63, 3.8) is 0 Å². The van der Waals surface area contributed by atoms with Gasteiger partial charge in [-0.1, -0.05) is 0 Å². The van der Waals surface area contributed by atoms with Crippen molar-refractivity contribution in [2.75, 3.05) is 19.6 Å². The molecule has 2 atom stereocenters. The van der Waals surface area contributed by atoms with E-state index in [0.717, 1.165) is 0 Å². The Morgan fingerprint density at radius 3 is 2.11 bits per heavy atom. The summed E-state index contributed by atoms with van der Waals surface area (Å²) in [4.78, 5) is 61.4. The Balaban J connectivity index is 5.11. The van der Waals surface area contributed by atoms with Gasteiger partial charge in [0.1, 0.15) is 18.6 Å². The maximum Gasteiger partial charge on any atom is 0.322 e. The van der Waals surface area contributed by atoms with Crippen LogP contribution in [0.2, 0.25) is 0 Å². The number of nitrogens with one attached hydrogen (secondary N) is 3. The van der Waals surface area contributed by atoms with Gasteiger partial charge < -0.3 is 44.0 Å². The van der Waals surface area contributed by atoms with Crippen molar-refractivity contribution in [1.82, 2.24) is 16.0 Å². The van der Waals surface area contributed by atoms with Crippen LogP contribution in [-0.4, -0.2) is 72.4 Å². The minimum atomic E-state index is -1.42. The molecule has 0 aromatic carbocycles. The Morgan fingerprint density at radius 2 is 1.61 bits per heavy atom. The summed E-state index contributed by atoms with van der Waals surface area (Å²) >= 11 is 0. The van der Waals surface area contributed by atoms with Crippen molar-refractivity contribution >= 4 is 35.6 Å². The first-order chi connectivity index (χ1) is 13.1. The molecule has 0 aliphatic carbocycles. The van der Waals surface area contributed by atoms with Crippen molar-refractivity contribution in [2.45, 2.75) is 31.3 Å². The van der Waals surface area contributed by atoms with Crippen LogP contribution in [0.25, 0.3) is 0 Å². The molecule has 0 bridgehead atoms. The molecule has 158 valence electrons. The van der Waals surface area contributed by atoms with Crippen LogP contribution in [0.1, 0.15) is 19.3 Å². The van der Waals surface area contributed by atoms with Gasteiger partial charge in [-0.05, 0) is 12.8 Å². The molecule has 0 spiro atoms. The maximum atomic E-state index is 12.5. The number of aliphatic imine (C=N–C) groups is 1. The average Bonchev–Trinajstić information content (AvgIpc) is 2.60. The molecule has 14 heteroatoms. The van der Waals surface area contributed by atoms with Gasteiger partial charge in [-0.25, -0.2) is 0 Å². The Bertz CT molecular complexity index is 619. The number of rotatable bonds is 13. The lowest BCUT2D eigenvalue weighted by Gasteiger charge is -2.22. The summed E-state index contributed by atoms with van der Waals surface area (Å²) < 4.78 is 0. The van der Waals surface area contributed by atoms with Gasteiger partial charge in [0.25, 0.3) is 0 Å². The van der Waals surface area contributed by atoms with E-state index in [0.29, 0.717) is 6.42 Å². The molecule has 28 heavy (non-hydrogen) atoms. The fourth-order valence-corrected chi connectivity index (χ4v) is 1.99. The fourth-order valence-electron chi connectivity index (χ4n) is 1.99. The Hall–Kier alpha value is -3.42. The fraction of sp³-hybridized carbons (Fsp3) is 0.571. The number of nitrogens with two attached hydrogens (primary N) is 4. The van der Waals surface area contributed by atoms with Crippen molar-refractivity contribution < 1.29 is 29.1 Å². The topological polar surface area (TPSA) is 258 Å². The Morgan fingerprint density at radius 1 is 0.964 bits per heavy atom. The number of aliphatic carboxylic acids is 1. The molecule has 0 saturated heterocycles. The largest absolute Gasteiger partial charge is 0.480 e. The van der Waals surface area contributed by atoms with E-state index in [2.05, 4.69) is 15.6 Å². The monoisotopic (exact) mass is 402 g/mol. The van der Waals surface area contributed by atoms with E-state index >= 15 is 0 Å². The van der Waals surface area contributed by atoms with E-state index in [1.165, 1.54) is 0 Å². The second kappa shape index (κ2) is 12.9. The third kappa shape index (κ3) is 11.2. The molecule has 0 aromatic heterocycles. The maximum absolute atomic E-state index is 12.5. The smallest absolute Gasteiger partial charge is 0.322 e. The number of amides is 4. The Kier molecular flexibility index (Phi) is 11.3. The number of hydrogen-bond acceptors (Lipinski definition) is 7. The second-order valence-electron chi connectivity index (χ2n) is 5.62. The van der Waals surface area contributed by atoms with E-state index in [1.807, 2.05) is 5.32 Å². The molecule has 0 heterocycles. The number of primary amides is 1. The number of nitrogens with zero attached hydrogens (tertiary/aromatic N) is 1. The van der Waals surface area contributed by atoms with E-state index < -0.39 is 54.6 Å². The third-order valence-electron chi connectivity index (χ3n) is 3.23. The molecule has 2 unspecified atom stereocenters. The van der Waals surface area contributed by atoms with Gasteiger partial charge in [0.2, 0.25) is 23.6 Å². The van der Waals surface area contributed by atoms with Gasteiger partial charge in [-0.15, -0.1) is 0 Å². The van der Waals surface area contributed by atoms with Crippen LogP contribution in [0.15, 0.2) is 4.99 Å². The Labute approximate surface area is 160 Å². The van der Waals surface area contributed by atoms with Crippen molar-refractivity contribution in [1.29, 1.82) is 0 Å². The van der Waals surface area contributed by atoms with Gasteiger partial charge in [0, 0.05) is 6.54 Å². The molecule has 0 aliphatic rings. The minimum absolute atomic E-state index is 0.106. The lowest BCUT2D eigenvalue weighted by Crippen LogP contribution is -2.55. The zero-order valence-electron chi connectivity index (χ0n) is 15.1. The highest BCUT2D eigenvalue weighted by atomic mass is 16.4. The van der Waals surface area contributed by atoms with Crippen LogP contribution >= 0.6 is 0 Å². The molecule has 0 radical (unpaired) electrons. The number of carboxylic acids is 1. The van der Waals surface area contributed by atoms with Gasteiger partial charge in [-0.2, -0.15) is 0 Å². The standard InChI is InChI=1S/C14H26N8O6/c15-5-10(24)21-7(2-1-3-19-14(17)18)13(28)22-8(4-9(16)23)12(27)20-6-11(25)26/h7-8H,1-6,15H2,(H2,16,23)(H,20,27)(H,21,24)(H,22,28)(H,25,26)(H4,17,18,19). The molecular weight excluding hydrogens is 376 g/mol.